The maximum absolute atomic E-state index is 3.25. The minimum Gasteiger partial charge on any atom is -1.00 e. The van der Waals surface area contributed by atoms with Crippen molar-refractivity contribution in [3.8, 4) is 0 Å². The number of aromatic nitrogens is 16. The number of hydrogen-bond acceptors (Lipinski definition) is 12. The molecule has 0 bridgehead atoms. The van der Waals surface area contributed by atoms with E-state index in [0.717, 1.165) is 0 Å². The summed E-state index contributed by atoms with van der Waals surface area (Å²) >= 11 is 0. The molecule has 0 aliphatic rings. The van der Waals surface area contributed by atoms with Gasteiger partial charge in [0.05, 0.1) is 0 Å². The van der Waals surface area contributed by atoms with Gasteiger partial charge in [-0.1, -0.05) is 20.9 Å². The van der Waals surface area contributed by atoms with Crippen LogP contribution in [-0.4, -0.2) is 82.5 Å². The van der Waals surface area contributed by atoms with Crippen molar-refractivity contribution in [2.24, 2.45) is 0 Å². The number of hydrogen-bond donors (Lipinski definition) is 4. The molecule has 0 fully saturated rings. The largest absolute Gasteiger partial charge is 2.00 e. The van der Waals surface area contributed by atoms with E-state index in [1.807, 2.05) is 0 Å². The molecule has 20 heteroatoms. The Morgan fingerprint density at radius 2 is 0.625 bits per heavy atom. The third-order valence-corrected chi connectivity index (χ3v) is 0.958. The fourth-order valence-corrected chi connectivity index (χ4v) is 0.447. The van der Waals surface area contributed by atoms with Gasteiger partial charge in [0, 0.05) is 0 Å². The van der Waals surface area contributed by atoms with E-state index in [1.54, 1.807) is 0 Å². The zero-order valence-electron chi connectivity index (χ0n) is 11.1. The number of nitrogens with zero attached hydrogens (tertiary/aromatic N) is 12. The van der Waals surface area contributed by atoms with Crippen molar-refractivity contribution in [2.75, 3.05) is 0 Å². The van der Waals surface area contributed by atoms with Crippen LogP contribution in [0.1, 0.15) is 0 Å². The Labute approximate surface area is 184 Å². The quantitative estimate of drug-likeness (QED) is 0.156. The standard InChI is InChI=1S/4CHN4.2ClH.2Zr/c4*1-2-4-5-3-1;;;;/h4*(H,2,3,4,5);2*1H;;/q4*-1;;;2*+2/p-2. The number of nitrogens with one attached hydrogen (secondary N) is 4. The van der Waals surface area contributed by atoms with Crippen LogP contribution in [0.5, 0.6) is 0 Å². The fourth-order valence-electron chi connectivity index (χ4n) is 0.447. The molecule has 16 nitrogen and oxygen atoms in total. The van der Waals surface area contributed by atoms with Gasteiger partial charge in [-0.05, 0) is 0 Å². The van der Waals surface area contributed by atoms with Crippen LogP contribution in [0.25, 0.3) is 0 Å². The first-order chi connectivity index (χ1) is 10.0. The van der Waals surface area contributed by atoms with Gasteiger partial charge in [0.15, 0.2) is 0 Å². The van der Waals surface area contributed by atoms with Crippen LogP contribution in [0.15, 0.2) is 0 Å². The minimum absolute atomic E-state index is 0. The number of aromatic amines is 4. The molecule has 0 saturated carbocycles. The van der Waals surface area contributed by atoms with Gasteiger partial charge in [0.1, 0.15) is 0 Å². The van der Waals surface area contributed by atoms with E-state index in [1.165, 1.54) is 0 Å². The molecular formula is C4H4Cl2N16Zr2-2. The molecule has 0 unspecified atom stereocenters. The third kappa shape index (κ3) is 22.9. The molecule has 0 radical (unpaired) electrons. The van der Waals surface area contributed by atoms with E-state index in [4.69, 9.17) is 0 Å². The fraction of sp³-hybridized carbons (Fsp3) is 0. The van der Waals surface area contributed by atoms with Gasteiger partial charge in [0.2, 0.25) is 0 Å². The first-order valence-corrected chi connectivity index (χ1v) is 4.38. The van der Waals surface area contributed by atoms with Crippen LogP contribution in [-0.2, 0) is 52.4 Å². The van der Waals surface area contributed by atoms with Crippen LogP contribution in [0.2, 0.25) is 0 Å². The van der Waals surface area contributed by atoms with Gasteiger partial charge in [-0.15, -0.1) is 0 Å². The summed E-state index contributed by atoms with van der Waals surface area (Å²) in [4.78, 5) is 0. The Hall–Kier alpha value is -1.37. The van der Waals surface area contributed by atoms with Crippen molar-refractivity contribution >= 4 is 0 Å². The van der Waals surface area contributed by atoms with E-state index in [0.29, 0.717) is 0 Å². The van der Waals surface area contributed by atoms with Crippen LogP contribution in [0.4, 0.5) is 0 Å². The summed E-state index contributed by atoms with van der Waals surface area (Å²) in [6.07, 6.45) is 8.78. The monoisotopic (exact) mass is 526 g/mol. The molecule has 4 heterocycles. The van der Waals surface area contributed by atoms with Gasteiger partial charge < -0.3 is 65.6 Å². The molecule has 4 aromatic heterocycles. The predicted molar refractivity (Wildman–Crippen MR) is 52.1 cm³/mol. The molecule has 4 rings (SSSR count). The van der Waals surface area contributed by atoms with Gasteiger partial charge in [0.25, 0.3) is 0 Å². The predicted octanol–water partition coefficient (Wildman–Crippen LogP) is -10.00. The number of H-pyrrole nitrogens is 4. The summed E-state index contributed by atoms with van der Waals surface area (Å²) in [5, 5.41) is 47.2. The van der Waals surface area contributed by atoms with Gasteiger partial charge >= 0.3 is 52.4 Å². The Morgan fingerprint density at radius 3 is 0.667 bits per heavy atom. The first-order valence-electron chi connectivity index (χ1n) is 4.38. The average Bonchev–Trinajstić information content (AvgIpc) is 3.40. The molecule has 0 spiro atoms. The minimum atomic E-state index is 0. The average molecular weight is 530 g/mol. The van der Waals surface area contributed by atoms with Gasteiger partial charge in [-0.2, -0.15) is 0 Å². The molecule has 0 aliphatic heterocycles. The Bertz CT molecular complexity index is 365. The zero-order valence-corrected chi connectivity index (χ0v) is 17.6. The Morgan fingerprint density at radius 1 is 0.417 bits per heavy atom. The van der Waals surface area contributed by atoms with Crippen molar-refractivity contribution in [1.29, 1.82) is 0 Å². The molecule has 0 aliphatic carbocycles. The maximum atomic E-state index is 3.25. The molecule has 24 heavy (non-hydrogen) atoms. The molecule has 4 N–H and O–H groups in total. The van der Waals surface area contributed by atoms with Gasteiger partial charge in [-0.3, -0.25) is 0 Å². The van der Waals surface area contributed by atoms with Crippen molar-refractivity contribution in [2.45, 2.75) is 0 Å². The summed E-state index contributed by atoms with van der Waals surface area (Å²) in [5.41, 5.74) is 0. The van der Waals surface area contributed by atoms with Crippen molar-refractivity contribution < 1.29 is 77.2 Å². The Balaban J connectivity index is -0.000000105. The normalized spacial score (nSPS) is 6.67. The number of tetrazole rings is 4. The van der Waals surface area contributed by atoms with Crippen molar-refractivity contribution in [1.82, 2.24) is 82.5 Å². The third-order valence-electron chi connectivity index (χ3n) is 0.958. The van der Waals surface area contributed by atoms with Crippen molar-refractivity contribution in [3.05, 3.63) is 25.3 Å². The first kappa shape index (κ1) is 30.5. The summed E-state index contributed by atoms with van der Waals surface area (Å²) in [6, 6.07) is 0. The molecular weight excluding hydrogens is 526 g/mol. The second kappa shape index (κ2) is 26.5. The van der Waals surface area contributed by atoms with E-state index >= 15 is 0 Å². The zero-order chi connectivity index (χ0) is 14.1. The summed E-state index contributed by atoms with van der Waals surface area (Å²) < 4.78 is 0. The van der Waals surface area contributed by atoms with Crippen LogP contribution in [0, 0.1) is 25.3 Å². The SMILES string of the molecule is [Cl-].[Cl-].[Zr+2].[Zr+2].[c-]1nn[nH]n1.[c-]1nn[nH]n1.[c-]1nn[nH]n1.[c-]1nn[nH]n1. The van der Waals surface area contributed by atoms with E-state index in [9.17, 15) is 0 Å². The maximum Gasteiger partial charge on any atom is 2.00 e. The summed E-state index contributed by atoms with van der Waals surface area (Å²) in [5.74, 6) is 0. The summed E-state index contributed by atoms with van der Waals surface area (Å²) in [6.45, 7) is 0. The van der Waals surface area contributed by atoms with E-state index < -0.39 is 0 Å². The van der Waals surface area contributed by atoms with Gasteiger partial charge in [-0.25, -0.2) is 46.2 Å². The molecule has 0 aromatic carbocycles. The van der Waals surface area contributed by atoms with E-state index in [-0.39, 0.29) is 77.2 Å². The van der Waals surface area contributed by atoms with E-state index in [2.05, 4.69) is 108 Å². The molecule has 0 saturated heterocycles. The number of rotatable bonds is 0. The smallest absolute Gasteiger partial charge is 1.00 e. The second-order valence-corrected chi connectivity index (χ2v) is 2.05. The Kier molecular flexibility index (Phi) is 33.7. The number of halogens is 2. The second-order valence-electron chi connectivity index (χ2n) is 2.05. The topological polar surface area (TPSA) is 218 Å². The van der Waals surface area contributed by atoms with Crippen LogP contribution >= 0.6 is 0 Å². The molecule has 124 valence electrons. The van der Waals surface area contributed by atoms with Crippen molar-refractivity contribution in [3.63, 3.8) is 0 Å². The van der Waals surface area contributed by atoms with Crippen LogP contribution in [0.3, 0.4) is 0 Å². The van der Waals surface area contributed by atoms with Crippen LogP contribution < -0.4 is 24.8 Å². The summed E-state index contributed by atoms with van der Waals surface area (Å²) in [7, 11) is 0. The molecule has 4 aromatic rings. The molecule has 0 amide bonds. The molecule has 0 atom stereocenters.